The molecule has 1 aliphatic heterocycles. The maximum absolute atomic E-state index is 10.3. The van der Waals surface area contributed by atoms with Crippen molar-refractivity contribution >= 4 is 0 Å². The van der Waals surface area contributed by atoms with Crippen LogP contribution in [0.2, 0.25) is 0 Å². The van der Waals surface area contributed by atoms with Gasteiger partial charge in [0.05, 0.1) is 25.1 Å². The number of aliphatic hydroxyl groups excluding tert-OH is 1. The predicted molar refractivity (Wildman–Crippen MR) is 29.2 cm³/mol. The Kier molecular flexibility index (Phi) is 1.51. The largest absolute Gasteiger partial charge is 0.634 e. The molecule has 0 aromatic rings. The minimum Gasteiger partial charge on any atom is -0.634 e. The molecule has 1 rings (SSSR count). The highest BCUT2D eigenvalue weighted by atomic mass is 16.5. The van der Waals surface area contributed by atoms with Crippen molar-refractivity contribution in [1.82, 2.24) is 0 Å². The van der Waals surface area contributed by atoms with Gasteiger partial charge in [-0.2, -0.15) is 0 Å². The summed E-state index contributed by atoms with van der Waals surface area (Å²) >= 11 is 0. The Labute approximate surface area is 48.5 Å². The maximum atomic E-state index is 10.3. The van der Waals surface area contributed by atoms with Crippen LogP contribution in [0.15, 0.2) is 0 Å². The lowest BCUT2D eigenvalue weighted by Crippen LogP contribution is -3.16. The average Bonchev–Trinajstić information content (AvgIpc) is 1.57. The standard InChI is InChI=1S/C5H11NO2/c1-4(7)5-2-6(8)3-5/h4-7H,2-3H2,1H3/t4-/m1/s1. The molecule has 0 aromatic heterocycles. The summed E-state index contributed by atoms with van der Waals surface area (Å²) in [6, 6.07) is 0. The molecular weight excluding hydrogens is 106 g/mol. The zero-order valence-electron chi connectivity index (χ0n) is 4.92. The fraction of sp³-hybridized carbons (Fsp3) is 1.00. The van der Waals surface area contributed by atoms with Crippen LogP contribution in [0.5, 0.6) is 0 Å². The summed E-state index contributed by atoms with van der Waals surface area (Å²) < 4.78 is 0. The summed E-state index contributed by atoms with van der Waals surface area (Å²) in [5.41, 5.74) is 0. The third-order valence-electron chi connectivity index (χ3n) is 1.66. The Bertz CT molecular complexity index is 78.5. The maximum Gasteiger partial charge on any atom is 0.0877 e. The molecule has 1 atom stereocenters. The molecule has 0 unspecified atom stereocenters. The Hall–Kier alpha value is -0.120. The first-order valence-corrected chi connectivity index (χ1v) is 2.90. The van der Waals surface area contributed by atoms with Crippen molar-refractivity contribution in [2.45, 2.75) is 13.0 Å². The van der Waals surface area contributed by atoms with Crippen molar-refractivity contribution < 1.29 is 10.2 Å². The molecule has 3 heteroatoms. The van der Waals surface area contributed by atoms with Gasteiger partial charge in [0.2, 0.25) is 0 Å². The minimum atomic E-state index is -0.285. The SMILES string of the molecule is C[C@@H](O)C1C[NH+]([O-])C1. The molecule has 2 N–H and O–H groups in total. The first-order chi connectivity index (χ1) is 3.70. The van der Waals surface area contributed by atoms with E-state index in [-0.39, 0.29) is 17.1 Å². The summed E-state index contributed by atoms with van der Waals surface area (Å²) in [7, 11) is 0. The molecule has 0 aliphatic carbocycles. The van der Waals surface area contributed by atoms with Gasteiger partial charge in [0.25, 0.3) is 0 Å². The summed E-state index contributed by atoms with van der Waals surface area (Å²) in [6.07, 6.45) is -0.285. The number of hydrogen-bond acceptors (Lipinski definition) is 2. The van der Waals surface area contributed by atoms with E-state index >= 15 is 0 Å². The van der Waals surface area contributed by atoms with Gasteiger partial charge in [-0.05, 0) is 6.92 Å². The van der Waals surface area contributed by atoms with Gasteiger partial charge < -0.3 is 15.4 Å². The number of hydroxylamine groups is 2. The fourth-order valence-electron chi connectivity index (χ4n) is 0.866. The minimum absolute atomic E-state index is 0.266. The molecule has 0 amide bonds. The lowest BCUT2D eigenvalue weighted by atomic mass is 9.97. The molecule has 1 heterocycles. The van der Waals surface area contributed by atoms with Gasteiger partial charge in [-0.25, -0.2) is 0 Å². The quantitative estimate of drug-likeness (QED) is 0.405. The lowest BCUT2D eigenvalue weighted by Gasteiger charge is -2.39. The van der Waals surface area contributed by atoms with Crippen molar-refractivity contribution in [3.63, 3.8) is 0 Å². The van der Waals surface area contributed by atoms with Crippen LogP contribution in [-0.4, -0.2) is 24.3 Å². The molecule has 0 aromatic carbocycles. The fourth-order valence-corrected chi connectivity index (χ4v) is 0.866. The van der Waals surface area contributed by atoms with Crippen molar-refractivity contribution in [3.05, 3.63) is 5.21 Å². The number of rotatable bonds is 1. The monoisotopic (exact) mass is 117 g/mol. The van der Waals surface area contributed by atoms with E-state index < -0.39 is 0 Å². The second kappa shape index (κ2) is 2.01. The summed E-state index contributed by atoms with van der Waals surface area (Å²) in [5.74, 6) is 0.266. The highest BCUT2D eigenvalue weighted by Crippen LogP contribution is 2.02. The smallest absolute Gasteiger partial charge is 0.0877 e. The van der Waals surface area contributed by atoms with E-state index in [1.807, 2.05) is 0 Å². The first-order valence-electron chi connectivity index (χ1n) is 2.90. The topological polar surface area (TPSA) is 47.7 Å². The molecule has 0 radical (unpaired) electrons. The van der Waals surface area contributed by atoms with Crippen LogP contribution < -0.4 is 5.06 Å². The zero-order chi connectivity index (χ0) is 6.15. The Morgan fingerprint density at radius 3 is 2.38 bits per heavy atom. The van der Waals surface area contributed by atoms with Gasteiger partial charge in [-0.1, -0.05) is 0 Å². The summed E-state index contributed by atoms with van der Waals surface area (Å²) in [6.45, 7) is 2.92. The molecule has 1 aliphatic rings. The van der Waals surface area contributed by atoms with Gasteiger partial charge >= 0.3 is 0 Å². The molecule has 0 saturated carbocycles. The number of quaternary nitrogens is 1. The molecule has 8 heavy (non-hydrogen) atoms. The van der Waals surface area contributed by atoms with Crippen molar-refractivity contribution in [3.8, 4) is 0 Å². The lowest BCUT2D eigenvalue weighted by molar-refractivity contribution is -0.903. The molecule has 1 fully saturated rings. The molecule has 3 nitrogen and oxygen atoms in total. The second-order valence-electron chi connectivity index (χ2n) is 2.45. The van der Waals surface area contributed by atoms with Crippen molar-refractivity contribution in [1.29, 1.82) is 0 Å². The van der Waals surface area contributed by atoms with Gasteiger partial charge in [-0.15, -0.1) is 0 Å². The summed E-state index contributed by atoms with van der Waals surface area (Å²) in [5, 5.41) is 19.4. The molecule has 0 bridgehead atoms. The Morgan fingerprint density at radius 2 is 2.25 bits per heavy atom. The van der Waals surface area contributed by atoms with Crippen LogP contribution in [0.25, 0.3) is 0 Å². The van der Waals surface area contributed by atoms with Crippen LogP contribution >= 0.6 is 0 Å². The number of aliphatic hydroxyl groups is 1. The second-order valence-corrected chi connectivity index (χ2v) is 2.45. The Morgan fingerprint density at radius 1 is 1.75 bits per heavy atom. The Balaban J connectivity index is 2.15. The van der Waals surface area contributed by atoms with E-state index in [1.54, 1.807) is 6.92 Å². The van der Waals surface area contributed by atoms with Crippen LogP contribution in [0, 0.1) is 11.1 Å². The highest BCUT2D eigenvalue weighted by molar-refractivity contribution is 4.68. The van der Waals surface area contributed by atoms with Crippen LogP contribution in [0.1, 0.15) is 6.92 Å². The zero-order valence-corrected chi connectivity index (χ0v) is 4.92. The van der Waals surface area contributed by atoms with Crippen molar-refractivity contribution in [2.75, 3.05) is 13.1 Å². The average molecular weight is 117 g/mol. The van der Waals surface area contributed by atoms with E-state index in [0.29, 0.717) is 13.1 Å². The van der Waals surface area contributed by atoms with Crippen LogP contribution in [-0.2, 0) is 0 Å². The normalized spacial score (nSPS) is 40.9. The molecular formula is C5H11NO2. The summed E-state index contributed by atoms with van der Waals surface area (Å²) in [4.78, 5) is 0. The van der Waals surface area contributed by atoms with E-state index in [2.05, 4.69) is 0 Å². The van der Waals surface area contributed by atoms with Gasteiger partial charge in [0, 0.05) is 0 Å². The van der Waals surface area contributed by atoms with Crippen LogP contribution in [0.4, 0.5) is 0 Å². The van der Waals surface area contributed by atoms with Gasteiger partial charge in [-0.3, -0.25) is 0 Å². The van der Waals surface area contributed by atoms with Gasteiger partial charge in [0.15, 0.2) is 0 Å². The van der Waals surface area contributed by atoms with E-state index in [0.717, 1.165) is 0 Å². The third kappa shape index (κ3) is 0.992. The van der Waals surface area contributed by atoms with E-state index in [9.17, 15) is 5.21 Å². The molecule has 0 spiro atoms. The van der Waals surface area contributed by atoms with E-state index in [1.165, 1.54) is 0 Å². The predicted octanol–water partition coefficient (Wildman–Crippen LogP) is -1.62. The van der Waals surface area contributed by atoms with Crippen LogP contribution in [0.3, 0.4) is 0 Å². The number of hydrogen-bond donors (Lipinski definition) is 2. The highest BCUT2D eigenvalue weighted by Gasteiger charge is 2.29. The molecule has 1 saturated heterocycles. The molecule has 48 valence electrons. The number of nitrogens with one attached hydrogen (secondary N) is 1. The van der Waals surface area contributed by atoms with Gasteiger partial charge in [0.1, 0.15) is 0 Å². The van der Waals surface area contributed by atoms with E-state index in [4.69, 9.17) is 5.11 Å². The third-order valence-corrected chi connectivity index (χ3v) is 1.66. The first kappa shape index (κ1) is 6.01. The van der Waals surface area contributed by atoms with Crippen molar-refractivity contribution in [2.24, 2.45) is 5.92 Å².